The number of aliphatic imine (C=N–C) groups is 1. The number of guanidine groups is 1. The molecule has 1 aromatic heterocycles. The first kappa shape index (κ1) is 13.0. The number of nitrogens with zero attached hydrogens (tertiary/aromatic N) is 2. The fourth-order valence-electron chi connectivity index (χ4n) is 1.42. The summed E-state index contributed by atoms with van der Waals surface area (Å²) in [5.41, 5.74) is 6.03. The van der Waals surface area contributed by atoms with Gasteiger partial charge in [-0.05, 0) is 12.1 Å². The molecule has 0 aliphatic heterocycles. The first-order valence-corrected chi connectivity index (χ1v) is 6.26. The summed E-state index contributed by atoms with van der Waals surface area (Å²) >= 11 is 1.33. The number of carbonyl (C=O) groups is 1. The van der Waals surface area contributed by atoms with Crippen LogP contribution in [-0.4, -0.2) is 24.0 Å². The van der Waals surface area contributed by atoms with Crippen LogP contribution in [0.4, 0.5) is 5.13 Å². The molecular formula is C12H12N4O2S. The monoisotopic (exact) mass is 276 g/mol. The Morgan fingerprint density at radius 3 is 2.95 bits per heavy atom. The lowest BCUT2D eigenvalue weighted by Crippen LogP contribution is -2.36. The number of rotatable bonds is 3. The maximum absolute atomic E-state index is 12.0. The van der Waals surface area contributed by atoms with E-state index >= 15 is 0 Å². The van der Waals surface area contributed by atoms with Crippen LogP contribution in [-0.2, 0) is 0 Å². The molecule has 2 aromatic rings. The predicted molar refractivity (Wildman–Crippen MR) is 73.9 cm³/mol. The largest absolute Gasteiger partial charge is 0.496 e. The Balaban J connectivity index is 2.13. The van der Waals surface area contributed by atoms with Crippen LogP contribution in [0.1, 0.15) is 10.4 Å². The van der Waals surface area contributed by atoms with Gasteiger partial charge in [0.2, 0.25) is 11.1 Å². The zero-order valence-corrected chi connectivity index (χ0v) is 11.0. The van der Waals surface area contributed by atoms with Crippen LogP contribution in [0.2, 0.25) is 0 Å². The molecule has 6 nitrogen and oxygen atoms in total. The Kier molecular flexibility index (Phi) is 4.09. The van der Waals surface area contributed by atoms with E-state index < -0.39 is 0 Å². The Hall–Kier alpha value is -2.41. The van der Waals surface area contributed by atoms with Gasteiger partial charge in [0.1, 0.15) is 5.75 Å². The second-order valence-corrected chi connectivity index (χ2v) is 4.34. The van der Waals surface area contributed by atoms with Gasteiger partial charge in [-0.2, -0.15) is 4.99 Å². The van der Waals surface area contributed by atoms with Crippen LogP contribution in [0.3, 0.4) is 0 Å². The second-order valence-electron chi connectivity index (χ2n) is 3.47. The number of ether oxygens (including phenoxy) is 1. The average molecular weight is 276 g/mol. The quantitative estimate of drug-likeness (QED) is 0.657. The van der Waals surface area contributed by atoms with Crippen molar-refractivity contribution in [3.8, 4) is 5.75 Å². The molecule has 1 aromatic carbocycles. The molecule has 0 bridgehead atoms. The summed E-state index contributed by atoms with van der Waals surface area (Å²) in [6.07, 6.45) is 1.61. The van der Waals surface area contributed by atoms with Gasteiger partial charge in [0, 0.05) is 11.6 Å². The molecule has 0 saturated heterocycles. The predicted octanol–water partition coefficient (Wildman–Crippen LogP) is 1.53. The molecule has 2 rings (SSSR count). The van der Waals surface area contributed by atoms with Crippen molar-refractivity contribution in [1.29, 1.82) is 0 Å². The Bertz CT molecular complexity index is 596. The van der Waals surface area contributed by atoms with Crippen molar-refractivity contribution in [2.24, 2.45) is 10.7 Å². The number of amides is 1. The zero-order chi connectivity index (χ0) is 13.7. The number of nitrogens with two attached hydrogens (primary N) is 1. The molecule has 1 amide bonds. The van der Waals surface area contributed by atoms with Crippen molar-refractivity contribution in [3.63, 3.8) is 0 Å². The fourth-order valence-corrected chi connectivity index (χ4v) is 1.93. The molecule has 0 unspecified atom stereocenters. The summed E-state index contributed by atoms with van der Waals surface area (Å²) in [5.74, 6) is 0.0863. The number of hydrogen-bond donors (Lipinski definition) is 2. The number of benzene rings is 1. The highest BCUT2D eigenvalue weighted by Gasteiger charge is 2.12. The van der Waals surface area contributed by atoms with E-state index in [1.165, 1.54) is 18.4 Å². The molecule has 19 heavy (non-hydrogen) atoms. The Morgan fingerprint density at radius 2 is 2.26 bits per heavy atom. The normalized spacial score (nSPS) is 11.1. The molecule has 0 radical (unpaired) electrons. The molecule has 0 fully saturated rings. The van der Waals surface area contributed by atoms with Gasteiger partial charge in [-0.3, -0.25) is 10.1 Å². The summed E-state index contributed by atoms with van der Waals surface area (Å²) in [6, 6.07) is 6.86. The second kappa shape index (κ2) is 5.96. The van der Waals surface area contributed by atoms with Crippen molar-refractivity contribution in [1.82, 2.24) is 10.3 Å². The molecule has 7 heteroatoms. The van der Waals surface area contributed by atoms with Gasteiger partial charge < -0.3 is 10.5 Å². The van der Waals surface area contributed by atoms with Crippen molar-refractivity contribution in [3.05, 3.63) is 41.4 Å². The number of para-hydroxylation sites is 1. The lowest BCUT2D eigenvalue weighted by Gasteiger charge is -2.07. The Morgan fingerprint density at radius 1 is 1.47 bits per heavy atom. The van der Waals surface area contributed by atoms with Gasteiger partial charge in [-0.15, -0.1) is 11.3 Å². The zero-order valence-electron chi connectivity index (χ0n) is 10.2. The third-order valence-electron chi connectivity index (χ3n) is 2.23. The summed E-state index contributed by atoms with van der Waals surface area (Å²) in [6.45, 7) is 0. The van der Waals surface area contributed by atoms with Gasteiger partial charge in [0.25, 0.3) is 5.91 Å². The van der Waals surface area contributed by atoms with Gasteiger partial charge in [-0.25, -0.2) is 4.98 Å². The smallest absolute Gasteiger partial charge is 0.261 e. The average Bonchev–Trinajstić information content (AvgIpc) is 2.91. The summed E-state index contributed by atoms with van der Waals surface area (Å²) in [7, 11) is 1.50. The lowest BCUT2D eigenvalue weighted by atomic mass is 10.2. The number of nitrogens with one attached hydrogen (secondary N) is 1. The van der Waals surface area contributed by atoms with Crippen LogP contribution >= 0.6 is 11.3 Å². The molecule has 0 saturated carbocycles. The SMILES string of the molecule is COc1ccccc1C(=O)N/C(N)=N/c1nccs1. The molecule has 0 atom stereocenters. The van der Waals surface area contributed by atoms with Gasteiger partial charge in [0.15, 0.2) is 0 Å². The number of hydrogen-bond acceptors (Lipinski definition) is 5. The number of methoxy groups -OCH3 is 1. The Labute approximate surface area is 114 Å². The number of thiazole rings is 1. The third kappa shape index (κ3) is 3.29. The van der Waals surface area contributed by atoms with E-state index in [-0.39, 0.29) is 11.9 Å². The summed E-state index contributed by atoms with van der Waals surface area (Å²) in [4.78, 5) is 19.9. The number of aromatic nitrogens is 1. The lowest BCUT2D eigenvalue weighted by molar-refractivity contribution is 0.0973. The van der Waals surface area contributed by atoms with E-state index in [0.29, 0.717) is 16.4 Å². The summed E-state index contributed by atoms with van der Waals surface area (Å²) < 4.78 is 5.10. The van der Waals surface area contributed by atoms with Crippen LogP contribution in [0.15, 0.2) is 40.8 Å². The molecule has 3 N–H and O–H groups in total. The topological polar surface area (TPSA) is 89.6 Å². The highest BCUT2D eigenvalue weighted by atomic mass is 32.1. The van der Waals surface area contributed by atoms with E-state index in [2.05, 4.69) is 15.3 Å². The number of carbonyl (C=O) groups excluding carboxylic acids is 1. The molecule has 98 valence electrons. The van der Waals surface area contributed by atoms with Gasteiger partial charge in [-0.1, -0.05) is 12.1 Å². The van der Waals surface area contributed by atoms with Crippen molar-refractivity contribution in [2.45, 2.75) is 0 Å². The van der Waals surface area contributed by atoms with E-state index in [4.69, 9.17) is 10.5 Å². The van der Waals surface area contributed by atoms with Crippen LogP contribution in [0, 0.1) is 0 Å². The van der Waals surface area contributed by atoms with Gasteiger partial charge >= 0.3 is 0 Å². The van der Waals surface area contributed by atoms with Crippen LogP contribution in [0.5, 0.6) is 5.75 Å². The fraction of sp³-hybridized carbons (Fsp3) is 0.0833. The minimum atomic E-state index is -0.379. The van der Waals surface area contributed by atoms with Crippen molar-refractivity contribution in [2.75, 3.05) is 7.11 Å². The molecule has 0 aliphatic carbocycles. The van der Waals surface area contributed by atoms with Crippen molar-refractivity contribution >= 4 is 28.3 Å². The first-order chi connectivity index (χ1) is 9.20. The molecular weight excluding hydrogens is 264 g/mol. The van der Waals surface area contributed by atoms with E-state index in [9.17, 15) is 4.79 Å². The highest BCUT2D eigenvalue weighted by molar-refractivity contribution is 7.13. The minimum Gasteiger partial charge on any atom is -0.496 e. The molecule has 0 aliphatic rings. The standard InChI is InChI=1S/C12H12N4O2S/c1-18-9-5-3-2-4-8(9)10(17)15-11(13)16-12-14-6-7-19-12/h2-7H,1H3,(H3,13,14,15,16,17). The molecule has 1 heterocycles. The maximum Gasteiger partial charge on any atom is 0.261 e. The maximum atomic E-state index is 12.0. The van der Waals surface area contributed by atoms with E-state index in [1.807, 2.05) is 0 Å². The minimum absolute atomic E-state index is 0.00847. The van der Waals surface area contributed by atoms with Crippen LogP contribution < -0.4 is 15.8 Å². The summed E-state index contributed by atoms with van der Waals surface area (Å²) in [5, 5.41) is 4.74. The van der Waals surface area contributed by atoms with Crippen molar-refractivity contribution < 1.29 is 9.53 Å². The van der Waals surface area contributed by atoms with E-state index in [0.717, 1.165) is 0 Å². The highest BCUT2D eigenvalue weighted by Crippen LogP contribution is 2.17. The van der Waals surface area contributed by atoms with E-state index in [1.54, 1.807) is 35.8 Å². The first-order valence-electron chi connectivity index (χ1n) is 5.38. The van der Waals surface area contributed by atoms with Gasteiger partial charge in [0.05, 0.1) is 12.7 Å². The third-order valence-corrected chi connectivity index (χ3v) is 2.89. The van der Waals surface area contributed by atoms with Crippen LogP contribution in [0.25, 0.3) is 0 Å². The molecule has 0 spiro atoms.